The van der Waals surface area contributed by atoms with Crippen LogP contribution in [0.15, 0.2) is 56.7 Å². The van der Waals surface area contributed by atoms with Gasteiger partial charge < -0.3 is 5.11 Å². The molecule has 2 aromatic rings. The Bertz CT molecular complexity index is 901. The molecule has 0 aromatic heterocycles. The molecule has 2 rings (SSSR count). The number of hydrogen-bond donors (Lipinski definition) is 0. The van der Waals surface area contributed by atoms with Crippen LogP contribution in [0.4, 0.5) is 0 Å². The maximum atomic E-state index is 12.0. The van der Waals surface area contributed by atoms with E-state index in [1.807, 2.05) is 0 Å². The largest absolute Gasteiger partial charge is 1.00 e. The van der Waals surface area contributed by atoms with Crippen LogP contribution in [0.5, 0.6) is 0 Å². The first-order valence-corrected chi connectivity index (χ1v) is 9.24. The van der Waals surface area contributed by atoms with E-state index < -0.39 is 15.9 Å². The quantitative estimate of drug-likeness (QED) is 0.389. The smallest absolute Gasteiger partial charge is 0.858 e. The molecule has 24 heavy (non-hydrogen) atoms. The summed E-state index contributed by atoms with van der Waals surface area (Å²) in [5.41, 5.74) is 0.506. The van der Waals surface area contributed by atoms with Gasteiger partial charge in [-0.15, -0.1) is 0 Å². The van der Waals surface area contributed by atoms with Crippen molar-refractivity contribution in [2.45, 2.75) is 0 Å². The van der Waals surface area contributed by atoms with Gasteiger partial charge in [-0.05, 0) is 29.8 Å². The molecule has 2 aromatic carbocycles. The first kappa shape index (κ1) is 21.7. The van der Waals surface area contributed by atoms with Crippen LogP contribution in [0, 0.1) is 0 Å². The van der Waals surface area contributed by atoms with Crippen molar-refractivity contribution in [1.82, 2.24) is 0 Å². The van der Waals surface area contributed by atoms with E-state index in [1.165, 1.54) is 18.2 Å². The number of hydrogen-bond acceptors (Lipinski definition) is 3. The fraction of sp³-hybridized carbons (Fsp3) is 0. The Morgan fingerprint density at radius 1 is 1.12 bits per heavy atom. The van der Waals surface area contributed by atoms with Crippen LogP contribution in [0.2, 0.25) is 10.0 Å². The summed E-state index contributed by atoms with van der Waals surface area (Å²) in [6.45, 7) is 0. The standard InChI is InChI=1S/C15H10BrCl2NO3S.Na/c16-11-5-6-12(14(18)9-11)15(20)19-23(21,22)8-7-10-3-1-2-4-13(10)17;/h1-9H,(H,19,20);/q;+1/p-1/b8-7+;. The summed E-state index contributed by atoms with van der Waals surface area (Å²) in [6.07, 6.45) is 1.28. The van der Waals surface area contributed by atoms with Crippen LogP contribution in [0.3, 0.4) is 0 Å². The van der Waals surface area contributed by atoms with Gasteiger partial charge in [0.15, 0.2) is 0 Å². The molecule has 0 spiro atoms. The third-order valence-electron chi connectivity index (χ3n) is 2.70. The summed E-state index contributed by atoms with van der Waals surface area (Å²) in [4.78, 5) is 0. The van der Waals surface area contributed by atoms with E-state index in [2.05, 4.69) is 20.3 Å². The number of benzene rings is 2. The molecule has 0 aliphatic rings. The third kappa shape index (κ3) is 6.19. The molecule has 0 amide bonds. The first-order chi connectivity index (χ1) is 10.8. The van der Waals surface area contributed by atoms with Crippen LogP contribution < -0.4 is 34.7 Å². The van der Waals surface area contributed by atoms with Gasteiger partial charge in [0.05, 0.1) is 5.41 Å². The maximum absolute atomic E-state index is 12.0. The molecule has 4 nitrogen and oxygen atoms in total. The maximum Gasteiger partial charge on any atom is 1.00 e. The molecule has 9 heteroatoms. The van der Waals surface area contributed by atoms with Crippen LogP contribution in [0.25, 0.3) is 6.08 Å². The van der Waals surface area contributed by atoms with Crippen molar-refractivity contribution >= 4 is 61.1 Å². The minimum absolute atomic E-state index is 0. The number of rotatable bonds is 4. The molecule has 0 radical (unpaired) electrons. The van der Waals surface area contributed by atoms with Gasteiger partial charge in [0.2, 0.25) is 0 Å². The topological polar surface area (TPSA) is 69.6 Å². The van der Waals surface area contributed by atoms with Gasteiger partial charge in [-0.1, -0.05) is 63.4 Å². The average Bonchev–Trinajstić information content (AvgIpc) is 2.45. The Morgan fingerprint density at radius 3 is 2.42 bits per heavy atom. The predicted octanol–water partition coefficient (Wildman–Crippen LogP) is 0.867. The van der Waals surface area contributed by atoms with Crippen LogP contribution in [-0.2, 0) is 10.0 Å². The van der Waals surface area contributed by atoms with E-state index >= 15 is 0 Å². The first-order valence-electron chi connectivity index (χ1n) is 6.18. The fourth-order valence-corrected chi connectivity index (χ4v) is 3.29. The fourth-order valence-electron chi connectivity index (χ4n) is 1.63. The Kier molecular flexibility index (Phi) is 8.48. The second-order valence-electron chi connectivity index (χ2n) is 4.36. The van der Waals surface area contributed by atoms with Crippen molar-refractivity contribution < 1.29 is 43.1 Å². The molecule has 0 saturated carbocycles. The third-order valence-corrected chi connectivity index (χ3v) is 4.75. The Hall–Kier alpha value is -0.340. The predicted molar refractivity (Wildman–Crippen MR) is 95.1 cm³/mol. The van der Waals surface area contributed by atoms with Crippen molar-refractivity contribution in [3.8, 4) is 0 Å². The van der Waals surface area contributed by atoms with E-state index in [9.17, 15) is 13.5 Å². The molecule has 0 aliphatic heterocycles. The van der Waals surface area contributed by atoms with Gasteiger partial charge in [-0.3, -0.25) is 0 Å². The van der Waals surface area contributed by atoms with Crippen molar-refractivity contribution in [2.75, 3.05) is 0 Å². The van der Waals surface area contributed by atoms with Crippen molar-refractivity contribution in [1.29, 1.82) is 0 Å². The zero-order chi connectivity index (χ0) is 17.0. The molecule has 0 atom stereocenters. The molecule has 0 unspecified atom stereocenters. The molecule has 0 N–H and O–H groups in total. The number of sulfonamides is 1. The van der Waals surface area contributed by atoms with Gasteiger partial charge >= 0.3 is 29.6 Å². The van der Waals surface area contributed by atoms with Crippen LogP contribution in [0.1, 0.15) is 11.1 Å². The monoisotopic (exact) mass is 455 g/mol. The summed E-state index contributed by atoms with van der Waals surface area (Å²) in [5, 5.41) is 13.3. The average molecular weight is 457 g/mol. The van der Waals surface area contributed by atoms with E-state index in [4.69, 9.17) is 23.2 Å². The Labute approximate surface area is 180 Å². The molecule has 0 heterocycles. The Morgan fingerprint density at radius 2 is 1.79 bits per heavy atom. The molecule has 0 saturated heterocycles. The molecule has 120 valence electrons. The van der Waals surface area contributed by atoms with E-state index in [-0.39, 0.29) is 40.1 Å². The second-order valence-corrected chi connectivity index (χ2v) is 7.57. The summed E-state index contributed by atoms with van der Waals surface area (Å²) in [7, 11) is -4.10. The van der Waals surface area contributed by atoms with E-state index in [0.717, 1.165) is 5.41 Å². The number of nitrogens with zero attached hydrogens (tertiary/aromatic N) is 1. The van der Waals surface area contributed by atoms with Crippen molar-refractivity contribution in [2.24, 2.45) is 4.40 Å². The number of halogens is 3. The van der Waals surface area contributed by atoms with Gasteiger partial charge in [-0.2, -0.15) is 12.8 Å². The molecule has 0 fully saturated rings. The van der Waals surface area contributed by atoms with E-state index in [0.29, 0.717) is 15.1 Å². The summed E-state index contributed by atoms with van der Waals surface area (Å²) < 4.78 is 27.7. The van der Waals surface area contributed by atoms with Gasteiger partial charge in [0, 0.05) is 26.0 Å². The molecular weight excluding hydrogens is 448 g/mol. The van der Waals surface area contributed by atoms with Gasteiger partial charge in [0.25, 0.3) is 10.0 Å². The summed E-state index contributed by atoms with van der Waals surface area (Å²) in [5.74, 6) is -0.939. The van der Waals surface area contributed by atoms with Crippen LogP contribution in [-0.4, -0.2) is 14.3 Å². The molecule has 0 bridgehead atoms. The van der Waals surface area contributed by atoms with Crippen LogP contribution >= 0.6 is 39.1 Å². The SMILES string of the molecule is O=S(=O)(/C=C/c1ccccc1Cl)/N=C(\[O-])c1ccc(Br)cc1Cl.[Na+]. The second kappa shape index (κ2) is 9.38. The van der Waals surface area contributed by atoms with Gasteiger partial charge in [-0.25, -0.2) is 0 Å². The van der Waals surface area contributed by atoms with E-state index in [1.54, 1.807) is 30.3 Å². The normalized spacial score (nSPS) is 12.2. The van der Waals surface area contributed by atoms with Gasteiger partial charge in [0.1, 0.15) is 0 Å². The molecular formula is C15H9BrCl2NNaO3S. The molecule has 0 aliphatic carbocycles. The zero-order valence-corrected chi connectivity index (χ0v) is 18.3. The summed E-state index contributed by atoms with van der Waals surface area (Å²) in [6, 6.07) is 11.1. The summed E-state index contributed by atoms with van der Waals surface area (Å²) >= 11 is 15.0. The van der Waals surface area contributed by atoms with Crippen molar-refractivity contribution in [3.05, 3.63) is 73.5 Å². The Balaban J connectivity index is 0.00000288. The minimum Gasteiger partial charge on any atom is -0.858 e. The zero-order valence-electron chi connectivity index (χ0n) is 12.4. The van der Waals surface area contributed by atoms with Crippen molar-refractivity contribution in [3.63, 3.8) is 0 Å². The minimum atomic E-state index is -4.10.